The van der Waals surface area contributed by atoms with Crippen LogP contribution in [0.2, 0.25) is 0 Å². The highest BCUT2D eigenvalue weighted by atomic mass is 16.4. The molecule has 0 fully saturated rings. The second kappa shape index (κ2) is 5.65. The summed E-state index contributed by atoms with van der Waals surface area (Å²) in [6, 6.07) is -0.810. The average molecular weight is 157 g/mol. The van der Waals surface area contributed by atoms with Gasteiger partial charge in [0.1, 0.15) is 12.0 Å². The molecule has 3 N–H and O–H groups in total. The molecule has 0 bridgehead atoms. The Hall–Kier alpha value is -1.12. The predicted octanol–water partition coefficient (Wildman–Crippen LogP) is -0.0436. The summed E-state index contributed by atoms with van der Waals surface area (Å²) in [5.41, 5.74) is 5.19. The first-order valence-corrected chi connectivity index (χ1v) is 3.36. The van der Waals surface area contributed by atoms with Crippen LogP contribution < -0.4 is 5.73 Å². The van der Waals surface area contributed by atoms with E-state index in [-0.39, 0.29) is 0 Å². The van der Waals surface area contributed by atoms with Gasteiger partial charge in [-0.2, -0.15) is 0 Å². The molecule has 4 heteroatoms. The Bertz CT molecular complexity index is 173. The van der Waals surface area contributed by atoms with E-state index in [0.717, 1.165) is 0 Å². The fourth-order valence-corrected chi connectivity index (χ4v) is 0.622. The molecule has 0 saturated carbocycles. The SMILES string of the molecule is N[C@@H](CCCC=C=O)C(=O)O. The Kier molecular flexibility index (Phi) is 5.07. The summed E-state index contributed by atoms with van der Waals surface area (Å²) in [6.45, 7) is 0. The molecule has 0 aromatic carbocycles. The van der Waals surface area contributed by atoms with Crippen LogP contribution in [-0.2, 0) is 9.59 Å². The highest BCUT2D eigenvalue weighted by molar-refractivity contribution is 5.72. The van der Waals surface area contributed by atoms with E-state index in [1.807, 2.05) is 0 Å². The zero-order chi connectivity index (χ0) is 8.69. The molecule has 1 atom stereocenters. The summed E-state index contributed by atoms with van der Waals surface area (Å²) in [7, 11) is 0. The van der Waals surface area contributed by atoms with Gasteiger partial charge in [0, 0.05) is 0 Å². The highest BCUT2D eigenvalue weighted by Gasteiger charge is 2.09. The molecule has 62 valence electrons. The molecule has 0 aromatic heterocycles. The Labute approximate surface area is 64.7 Å². The zero-order valence-corrected chi connectivity index (χ0v) is 6.12. The van der Waals surface area contributed by atoms with Crippen LogP contribution in [0.4, 0.5) is 0 Å². The van der Waals surface area contributed by atoms with Crippen LogP contribution in [0.15, 0.2) is 6.08 Å². The number of nitrogens with two attached hydrogens (primary N) is 1. The second-order valence-corrected chi connectivity index (χ2v) is 2.20. The van der Waals surface area contributed by atoms with Crippen molar-refractivity contribution in [1.82, 2.24) is 0 Å². The summed E-state index contributed by atoms with van der Waals surface area (Å²) in [5, 5.41) is 8.33. The van der Waals surface area contributed by atoms with Crippen LogP contribution in [0.5, 0.6) is 0 Å². The first-order chi connectivity index (χ1) is 5.18. The smallest absolute Gasteiger partial charge is 0.320 e. The number of aliphatic carboxylic acids is 1. The van der Waals surface area contributed by atoms with Gasteiger partial charge in [-0.25, -0.2) is 4.79 Å². The van der Waals surface area contributed by atoms with Crippen LogP contribution in [0.25, 0.3) is 0 Å². The molecule has 0 saturated heterocycles. The van der Waals surface area contributed by atoms with Gasteiger partial charge >= 0.3 is 5.97 Å². The van der Waals surface area contributed by atoms with E-state index in [4.69, 9.17) is 10.8 Å². The maximum Gasteiger partial charge on any atom is 0.320 e. The second-order valence-electron chi connectivity index (χ2n) is 2.20. The minimum Gasteiger partial charge on any atom is -0.480 e. The van der Waals surface area contributed by atoms with Crippen molar-refractivity contribution >= 4 is 11.9 Å². The summed E-state index contributed by atoms with van der Waals surface area (Å²) in [6.07, 6.45) is 2.88. The monoisotopic (exact) mass is 157 g/mol. The Balaban J connectivity index is 3.38. The number of allylic oxidation sites excluding steroid dienone is 1. The van der Waals surface area contributed by atoms with Crippen LogP contribution in [-0.4, -0.2) is 23.1 Å². The van der Waals surface area contributed by atoms with Crippen LogP contribution in [0.3, 0.4) is 0 Å². The summed E-state index contributed by atoms with van der Waals surface area (Å²) in [4.78, 5) is 19.8. The highest BCUT2D eigenvalue weighted by Crippen LogP contribution is 1.98. The molecule has 11 heavy (non-hydrogen) atoms. The van der Waals surface area contributed by atoms with Crippen LogP contribution >= 0.6 is 0 Å². The van der Waals surface area contributed by atoms with Crippen molar-refractivity contribution in [3.8, 4) is 0 Å². The van der Waals surface area contributed by atoms with Crippen molar-refractivity contribution in [1.29, 1.82) is 0 Å². The molecule has 0 heterocycles. The van der Waals surface area contributed by atoms with Crippen LogP contribution in [0, 0.1) is 0 Å². The molecule has 0 aliphatic heterocycles. The van der Waals surface area contributed by atoms with Gasteiger partial charge < -0.3 is 10.8 Å². The van der Waals surface area contributed by atoms with Gasteiger partial charge in [-0.15, -0.1) is 0 Å². The first-order valence-electron chi connectivity index (χ1n) is 3.36. The molecule has 0 spiro atoms. The molecule has 0 radical (unpaired) electrons. The number of carbonyl (C=O) groups is 1. The molecule has 0 aliphatic carbocycles. The van der Waals surface area contributed by atoms with Gasteiger partial charge in [0.2, 0.25) is 0 Å². The normalized spacial score (nSPS) is 11.7. The van der Waals surface area contributed by atoms with Crippen molar-refractivity contribution in [3.05, 3.63) is 6.08 Å². The van der Waals surface area contributed by atoms with E-state index in [2.05, 4.69) is 0 Å². The maximum absolute atomic E-state index is 10.2. The van der Waals surface area contributed by atoms with Gasteiger partial charge in [0.15, 0.2) is 0 Å². The summed E-state index contributed by atoms with van der Waals surface area (Å²) < 4.78 is 0. The van der Waals surface area contributed by atoms with Gasteiger partial charge in [-0.05, 0) is 25.3 Å². The zero-order valence-electron chi connectivity index (χ0n) is 6.12. The van der Waals surface area contributed by atoms with Crippen molar-refractivity contribution < 1.29 is 14.7 Å². The number of carboxylic acid groups (broad SMARTS) is 1. The Morgan fingerprint density at radius 2 is 2.36 bits per heavy atom. The molecule has 0 amide bonds. The van der Waals surface area contributed by atoms with Gasteiger partial charge in [-0.3, -0.25) is 4.79 Å². The molecule has 0 aromatic rings. The molecule has 4 nitrogen and oxygen atoms in total. The van der Waals surface area contributed by atoms with Crippen molar-refractivity contribution in [2.75, 3.05) is 0 Å². The number of rotatable bonds is 5. The largest absolute Gasteiger partial charge is 0.480 e. The number of carbonyl (C=O) groups excluding carboxylic acids is 1. The third-order valence-corrected chi connectivity index (χ3v) is 1.26. The standard InChI is InChI=1S/C7H11NO3/c8-6(7(10)11)4-2-1-3-5-9/h3,6H,1-2,4,8H2,(H,10,11)/t6-/m0/s1. The molecule has 0 rings (SSSR count). The maximum atomic E-state index is 10.2. The first kappa shape index (κ1) is 9.88. The van der Waals surface area contributed by atoms with Crippen LogP contribution in [0.1, 0.15) is 19.3 Å². The number of carboxylic acids is 1. The number of hydrogen-bond donors (Lipinski definition) is 2. The third kappa shape index (κ3) is 5.33. The fourth-order valence-electron chi connectivity index (χ4n) is 0.622. The lowest BCUT2D eigenvalue weighted by Crippen LogP contribution is -2.29. The van der Waals surface area contributed by atoms with E-state index in [1.165, 1.54) is 6.08 Å². The average Bonchev–Trinajstić information content (AvgIpc) is 1.97. The lowest BCUT2D eigenvalue weighted by atomic mass is 10.1. The third-order valence-electron chi connectivity index (χ3n) is 1.26. The Morgan fingerprint density at radius 3 is 2.82 bits per heavy atom. The minimum absolute atomic E-state index is 0.396. The quantitative estimate of drug-likeness (QED) is 0.433. The summed E-state index contributed by atoms with van der Waals surface area (Å²) in [5.74, 6) is 0.607. The van der Waals surface area contributed by atoms with Gasteiger partial charge in [-0.1, -0.05) is 0 Å². The van der Waals surface area contributed by atoms with Gasteiger partial charge in [0.25, 0.3) is 0 Å². The van der Waals surface area contributed by atoms with E-state index >= 15 is 0 Å². The Morgan fingerprint density at radius 1 is 1.73 bits per heavy atom. The lowest BCUT2D eigenvalue weighted by Gasteiger charge is -2.02. The van der Waals surface area contributed by atoms with Gasteiger partial charge in [0.05, 0.1) is 0 Å². The molecule has 0 unspecified atom stereocenters. The van der Waals surface area contributed by atoms with E-state index in [0.29, 0.717) is 19.3 Å². The van der Waals surface area contributed by atoms with Crippen molar-refractivity contribution in [3.63, 3.8) is 0 Å². The molecular weight excluding hydrogens is 146 g/mol. The molecular formula is C7H11NO3. The topological polar surface area (TPSA) is 80.4 Å². The van der Waals surface area contributed by atoms with E-state index in [1.54, 1.807) is 5.94 Å². The fraction of sp³-hybridized carbons (Fsp3) is 0.571. The number of unbranched alkanes of at least 4 members (excludes halogenated alkanes) is 1. The number of hydrogen-bond acceptors (Lipinski definition) is 3. The lowest BCUT2D eigenvalue weighted by molar-refractivity contribution is -0.138. The molecule has 0 aliphatic rings. The van der Waals surface area contributed by atoms with Crippen molar-refractivity contribution in [2.45, 2.75) is 25.3 Å². The van der Waals surface area contributed by atoms with E-state index in [9.17, 15) is 9.59 Å². The van der Waals surface area contributed by atoms with Crippen molar-refractivity contribution in [2.24, 2.45) is 5.73 Å². The minimum atomic E-state index is -1.000. The predicted molar refractivity (Wildman–Crippen MR) is 39.7 cm³/mol. The summed E-state index contributed by atoms with van der Waals surface area (Å²) >= 11 is 0. The van der Waals surface area contributed by atoms with E-state index < -0.39 is 12.0 Å².